The Morgan fingerprint density at radius 3 is 2.45 bits per heavy atom. The zero-order valence-electron chi connectivity index (χ0n) is 12.9. The first-order valence-electron chi connectivity index (χ1n) is 7.16. The number of esters is 1. The Morgan fingerprint density at radius 1 is 1.20 bits per heavy atom. The quantitative estimate of drug-likeness (QED) is 0.566. The summed E-state index contributed by atoms with van der Waals surface area (Å²) in [5, 5.41) is 0. The van der Waals surface area contributed by atoms with Crippen LogP contribution < -0.4 is 0 Å². The van der Waals surface area contributed by atoms with Gasteiger partial charge in [-0.05, 0) is 37.0 Å². The fraction of sp³-hybridized carbons (Fsp3) is 0.529. The van der Waals surface area contributed by atoms with Crippen LogP contribution in [0.1, 0.15) is 42.9 Å². The zero-order valence-corrected chi connectivity index (χ0v) is 12.9. The van der Waals surface area contributed by atoms with Gasteiger partial charge < -0.3 is 4.74 Å². The average molecular weight is 276 g/mol. The van der Waals surface area contributed by atoms with Gasteiger partial charge >= 0.3 is 5.97 Å². The molecule has 1 aromatic rings. The molecule has 0 aromatic heterocycles. The number of unbranched alkanes of at least 4 members (excludes halogenated alkanes) is 1. The van der Waals surface area contributed by atoms with Crippen LogP contribution in [0.15, 0.2) is 18.2 Å². The molecule has 0 amide bonds. The fourth-order valence-corrected chi connectivity index (χ4v) is 2.20. The monoisotopic (exact) mass is 276 g/mol. The van der Waals surface area contributed by atoms with Gasteiger partial charge in [0.2, 0.25) is 0 Å². The van der Waals surface area contributed by atoms with E-state index in [-0.39, 0.29) is 5.78 Å². The molecule has 0 fully saturated rings. The highest BCUT2D eigenvalue weighted by Gasteiger charge is 2.26. The number of hydrogen-bond donors (Lipinski definition) is 0. The van der Waals surface area contributed by atoms with E-state index in [4.69, 9.17) is 4.74 Å². The van der Waals surface area contributed by atoms with Crippen molar-refractivity contribution in [1.29, 1.82) is 0 Å². The number of carbonyl (C=O) groups is 2. The van der Waals surface area contributed by atoms with Gasteiger partial charge in [-0.2, -0.15) is 0 Å². The lowest BCUT2D eigenvalue weighted by Gasteiger charge is -2.13. The predicted octanol–water partition coefficient (Wildman–Crippen LogP) is 3.39. The van der Waals surface area contributed by atoms with Crippen LogP contribution in [0.25, 0.3) is 0 Å². The first-order valence-corrected chi connectivity index (χ1v) is 7.16. The van der Waals surface area contributed by atoms with Crippen LogP contribution in [0, 0.1) is 19.8 Å². The van der Waals surface area contributed by atoms with Gasteiger partial charge in [0, 0.05) is 6.42 Å². The molecule has 0 aliphatic heterocycles. The van der Waals surface area contributed by atoms with Crippen LogP contribution in [0.3, 0.4) is 0 Å². The molecule has 0 saturated heterocycles. The Labute approximate surface area is 121 Å². The minimum Gasteiger partial charge on any atom is -0.468 e. The van der Waals surface area contributed by atoms with Gasteiger partial charge in [0.25, 0.3) is 0 Å². The predicted molar refractivity (Wildman–Crippen MR) is 79.7 cm³/mol. The molecule has 0 heterocycles. The molecule has 0 saturated carbocycles. The number of hydrogen-bond acceptors (Lipinski definition) is 3. The third-order valence-corrected chi connectivity index (χ3v) is 3.67. The van der Waals surface area contributed by atoms with Crippen LogP contribution in [-0.4, -0.2) is 18.9 Å². The van der Waals surface area contributed by atoms with Crippen LogP contribution in [-0.2, 0) is 20.7 Å². The Balaban J connectivity index is 2.78. The van der Waals surface area contributed by atoms with Gasteiger partial charge in [-0.15, -0.1) is 0 Å². The normalized spacial score (nSPS) is 12.0. The van der Waals surface area contributed by atoms with E-state index in [0.717, 1.165) is 18.4 Å². The Bertz CT molecular complexity index is 477. The van der Waals surface area contributed by atoms with E-state index in [1.165, 1.54) is 18.2 Å². The number of benzene rings is 1. The maximum atomic E-state index is 12.3. The summed E-state index contributed by atoms with van der Waals surface area (Å²) in [5.41, 5.74) is 3.33. The molecule has 1 aromatic carbocycles. The van der Waals surface area contributed by atoms with E-state index in [0.29, 0.717) is 12.8 Å². The number of ketones is 1. The van der Waals surface area contributed by atoms with Crippen molar-refractivity contribution in [2.45, 2.75) is 46.5 Å². The van der Waals surface area contributed by atoms with Gasteiger partial charge in [-0.3, -0.25) is 9.59 Å². The van der Waals surface area contributed by atoms with E-state index in [1.54, 1.807) is 0 Å². The van der Waals surface area contributed by atoms with Crippen molar-refractivity contribution in [1.82, 2.24) is 0 Å². The maximum absolute atomic E-state index is 12.3. The van der Waals surface area contributed by atoms with Gasteiger partial charge in [-0.25, -0.2) is 0 Å². The highest BCUT2D eigenvalue weighted by atomic mass is 16.5. The number of aryl methyl sites for hydroxylation is 2. The van der Waals surface area contributed by atoms with Crippen molar-refractivity contribution in [2.24, 2.45) is 5.92 Å². The van der Waals surface area contributed by atoms with Gasteiger partial charge in [0.1, 0.15) is 5.92 Å². The van der Waals surface area contributed by atoms with E-state index in [2.05, 4.69) is 0 Å². The number of rotatable bonds is 7. The molecule has 110 valence electrons. The lowest BCUT2D eigenvalue weighted by atomic mass is 9.92. The number of ether oxygens (including phenoxy) is 1. The maximum Gasteiger partial charge on any atom is 0.316 e. The van der Waals surface area contributed by atoms with E-state index in [9.17, 15) is 9.59 Å². The summed E-state index contributed by atoms with van der Waals surface area (Å²) >= 11 is 0. The lowest BCUT2D eigenvalue weighted by molar-refractivity contribution is -0.149. The molecule has 3 heteroatoms. The molecule has 20 heavy (non-hydrogen) atoms. The third-order valence-electron chi connectivity index (χ3n) is 3.67. The zero-order chi connectivity index (χ0) is 15.1. The second kappa shape index (κ2) is 7.83. The van der Waals surface area contributed by atoms with Crippen LogP contribution in [0.5, 0.6) is 0 Å². The molecule has 0 radical (unpaired) electrons. The number of Topliss-reactive ketones (excluding diaryl/α,β-unsaturated/α-hetero) is 1. The number of methoxy groups -OCH3 is 1. The molecule has 1 atom stereocenters. The first kappa shape index (κ1) is 16.4. The summed E-state index contributed by atoms with van der Waals surface area (Å²) in [7, 11) is 1.34. The van der Waals surface area contributed by atoms with Crippen molar-refractivity contribution in [3.63, 3.8) is 0 Å². The molecule has 1 rings (SSSR count). The van der Waals surface area contributed by atoms with Crippen molar-refractivity contribution in [3.8, 4) is 0 Å². The minimum atomic E-state index is -0.624. The van der Waals surface area contributed by atoms with Crippen LogP contribution in [0.4, 0.5) is 0 Å². The SMILES string of the molecule is CCCCC(C(=O)Cc1ccc(C)c(C)c1)C(=O)OC. The van der Waals surface area contributed by atoms with Crippen molar-refractivity contribution < 1.29 is 14.3 Å². The Kier molecular flexibility index (Phi) is 6.43. The second-order valence-corrected chi connectivity index (χ2v) is 5.28. The van der Waals surface area contributed by atoms with E-state index < -0.39 is 11.9 Å². The van der Waals surface area contributed by atoms with Crippen LogP contribution >= 0.6 is 0 Å². The molecule has 1 unspecified atom stereocenters. The molecule has 0 aliphatic carbocycles. The molecule has 3 nitrogen and oxygen atoms in total. The smallest absolute Gasteiger partial charge is 0.316 e. The fourth-order valence-electron chi connectivity index (χ4n) is 2.20. The number of carbonyl (C=O) groups excluding carboxylic acids is 2. The molecular weight excluding hydrogens is 252 g/mol. The van der Waals surface area contributed by atoms with Crippen molar-refractivity contribution in [2.75, 3.05) is 7.11 Å². The standard InChI is InChI=1S/C17H24O3/c1-5-6-7-15(17(19)20-4)16(18)11-14-9-8-12(2)13(3)10-14/h8-10,15H,5-7,11H2,1-4H3. The van der Waals surface area contributed by atoms with E-state index >= 15 is 0 Å². The summed E-state index contributed by atoms with van der Waals surface area (Å²) in [6.45, 7) is 6.11. The molecular formula is C17H24O3. The highest BCUT2D eigenvalue weighted by molar-refractivity contribution is 5.99. The second-order valence-electron chi connectivity index (χ2n) is 5.28. The molecule has 0 spiro atoms. The third kappa shape index (κ3) is 4.48. The van der Waals surface area contributed by atoms with Gasteiger partial charge in [-0.1, -0.05) is 38.0 Å². The summed E-state index contributed by atoms with van der Waals surface area (Å²) in [5.74, 6) is -1.08. The highest BCUT2D eigenvalue weighted by Crippen LogP contribution is 2.17. The van der Waals surface area contributed by atoms with Gasteiger partial charge in [0.05, 0.1) is 7.11 Å². The van der Waals surface area contributed by atoms with Crippen molar-refractivity contribution >= 4 is 11.8 Å². The Hall–Kier alpha value is -1.64. The molecule has 0 aliphatic rings. The van der Waals surface area contributed by atoms with Gasteiger partial charge in [0.15, 0.2) is 5.78 Å². The van der Waals surface area contributed by atoms with E-state index in [1.807, 2.05) is 39.0 Å². The summed E-state index contributed by atoms with van der Waals surface area (Å²) in [4.78, 5) is 24.0. The summed E-state index contributed by atoms with van der Waals surface area (Å²) in [6.07, 6.45) is 2.69. The largest absolute Gasteiger partial charge is 0.468 e. The first-order chi connectivity index (χ1) is 9.49. The van der Waals surface area contributed by atoms with Crippen LogP contribution in [0.2, 0.25) is 0 Å². The topological polar surface area (TPSA) is 43.4 Å². The summed E-state index contributed by atoms with van der Waals surface area (Å²) in [6, 6.07) is 5.98. The molecule has 0 N–H and O–H groups in total. The average Bonchev–Trinajstić information content (AvgIpc) is 2.43. The minimum absolute atomic E-state index is 0.0476. The molecule has 0 bridgehead atoms. The lowest BCUT2D eigenvalue weighted by Crippen LogP contribution is -2.26. The van der Waals surface area contributed by atoms with Crippen molar-refractivity contribution in [3.05, 3.63) is 34.9 Å². The summed E-state index contributed by atoms with van der Waals surface area (Å²) < 4.78 is 4.75. The Morgan fingerprint density at radius 2 is 1.90 bits per heavy atom.